The molecule has 0 saturated heterocycles. The Hall–Kier alpha value is -2.37. The van der Waals surface area contributed by atoms with Crippen molar-refractivity contribution in [2.45, 2.75) is 393 Å². The van der Waals surface area contributed by atoms with Crippen LogP contribution in [0.1, 0.15) is 387 Å². The maximum Gasteiger partial charge on any atom is 0.306 e. The van der Waals surface area contributed by atoms with Gasteiger partial charge in [-0.05, 0) is 77.0 Å². The third-order valence-corrected chi connectivity index (χ3v) is 15.9. The minimum atomic E-state index is -0.773. The van der Waals surface area contributed by atoms with Crippen molar-refractivity contribution in [2.24, 2.45) is 0 Å². The van der Waals surface area contributed by atoms with Crippen LogP contribution in [0.4, 0.5) is 0 Å². The SMILES string of the molecule is CCCCCCC/C=C\C/C=C\CCCCCCCCCCCCCC(=O)OCC(COC(=O)CCCCCCCCC/C=C\CCCCCCCCC)OC(=O)CCCCCCCCCCCCCCCCCCCCC. The fourth-order valence-corrected chi connectivity index (χ4v) is 10.6. The van der Waals surface area contributed by atoms with Crippen molar-refractivity contribution < 1.29 is 28.6 Å². The number of hydrogen-bond acceptors (Lipinski definition) is 6. The van der Waals surface area contributed by atoms with Crippen molar-refractivity contribution in [1.82, 2.24) is 0 Å². The average Bonchev–Trinajstić information content (AvgIpc) is 3.44. The highest BCUT2D eigenvalue weighted by atomic mass is 16.6. The summed E-state index contributed by atoms with van der Waals surface area (Å²) in [6, 6.07) is 0. The van der Waals surface area contributed by atoms with Crippen molar-refractivity contribution in [3.05, 3.63) is 36.5 Å². The molecule has 0 aromatic carbocycles. The first-order chi connectivity index (χ1) is 38.5. The molecule has 0 radical (unpaired) electrons. The Balaban J connectivity index is 4.31. The number of allylic oxidation sites excluding steroid dienone is 6. The first kappa shape index (κ1) is 75.6. The van der Waals surface area contributed by atoms with Crippen LogP contribution >= 0.6 is 0 Å². The summed E-state index contributed by atoms with van der Waals surface area (Å²) in [6.07, 6.45) is 83.0. The average molecular weight is 1100 g/mol. The Morgan fingerprint density at radius 2 is 0.462 bits per heavy atom. The van der Waals surface area contributed by atoms with Gasteiger partial charge in [0.05, 0.1) is 0 Å². The predicted molar refractivity (Wildman–Crippen MR) is 339 cm³/mol. The molecule has 0 aliphatic carbocycles. The van der Waals surface area contributed by atoms with Gasteiger partial charge < -0.3 is 14.2 Å². The fraction of sp³-hybridized carbons (Fsp3) is 0.875. The summed E-state index contributed by atoms with van der Waals surface area (Å²) in [6.45, 7) is 6.70. The molecular formula is C72H134O6. The minimum absolute atomic E-state index is 0.0698. The number of ether oxygens (including phenoxy) is 3. The Kier molecular flexibility index (Phi) is 65.1. The van der Waals surface area contributed by atoms with E-state index in [1.54, 1.807) is 0 Å². The molecule has 6 nitrogen and oxygen atoms in total. The van der Waals surface area contributed by atoms with Gasteiger partial charge in [-0.25, -0.2) is 0 Å². The molecule has 6 heteroatoms. The van der Waals surface area contributed by atoms with E-state index in [1.807, 2.05) is 0 Å². The van der Waals surface area contributed by atoms with E-state index in [0.717, 1.165) is 64.2 Å². The lowest BCUT2D eigenvalue weighted by Crippen LogP contribution is -2.30. The van der Waals surface area contributed by atoms with Gasteiger partial charge in [-0.15, -0.1) is 0 Å². The van der Waals surface area contributed by atoms with Gasteiger partial charge >= 0.3 is 17.9 Å². The fourth-order valence-electron chi connectivity index (χ4n) is 10.6. The Bertz CT molecular complexity index is 1300. The van der Waals surface area contributed by atoms with Crippen LogP contribution in [0.2, 0.25) is 0 Å². The van der Waals surface area contributed by atoms with Crippen LogP contribution in [0.15, 0.2) is 36.5 Å². The lowest BCUT2D eigenvalue weighted by Gasteiger charge is -2.18. The third kappa shape index (κ3) is 64.5. The van der Waals surface area contributed by atoms with E-state index in [2.05, 4.69) is 57.2 Å². The van der Waals surface area contributed by atoms with Crippen molar-refractivity contribution >= 4 is 17.9 Å². The normalized spacial score (nSPS) is 12.2. The highest BCUT2D eigenvalue weighted by Gasteiger charge is 2.19. The first-order valence-electron chi connectivity index (χ1n) is 35.0. The molecule has 0 N–H and O–H groups in total. The number of esters is 3. The topological polar surface area (TPSA) is 78.9 Å². The van der Waals surface area contributed by atoms with Gasteiger partial charge in [0.15, 0.2) is 6.10 Å². The monoisotopic (exact) mass is 1100 g/mol. The molecule has 0 amide bonds. The van der Waals surface area contributed by atoms with E-state index in [0.29, 0.717) is 19.3 Å². The molecule has 78 heavy (non-hydrogen) atoms. The predicted octanol–water partition coefficient (Wildman–Crippen LogP) is 23.9. The van der Waals surface area contributed by atoms with Crippen molar-refractivity contribution in [1.29, 1.82) is 0 Å². The number of unbranched alkanes of at least 4 members (excludes halogenated alkanes) is 48. The van der Waals surface area contributed by atoms with Gasteiger partial charge in [0.1, 0.15) is 13.2 Å². The number of carbonyl (C=O) groups is 3. The standard InChI is InChI=1S/C72H134O6/c1-4-7-10-13-16-19-22-25-28-31-34-35-36-37-39-41-44-47-50-53-56-59-62-65-71(74)77-68-69(67-76-70(73)64-61-58-55-52-49-46-43-40-33-30-27-24-21-18-15-12-9-6-3)78-72(75)66-63-60-57-54-51-48-45-42-38-32-29-26-23-20-17-14-11-8-5-2/h22,25,30-31,33-34,69H,4-21,23-24,26-29,32,35-68H2,1-3H3/b25-22-,33-30-,34-31-. The minimum Gasteiger partial charge on any atom is -0.462 e. The van der Waals surface area contributed by atoms with Crippen molar-refractivity contribution in [3.63, 3.8) is 0 Å². The second-order valence-corrected chi connectivity index (χ2v) is 23.8. The summed E-state index contributed by atoms with van der Waals surface area (Å²) in [7, 11) is 0. The molecule has 458 valence electrons. The molecule has 0 aromatic heterocycles. The van der Waals surface area contributed by atoms with Gasteiger partial charge in [0.25, 0.3) is 0 Å². The van der Waals surface area contributed by atoms with Crippen LogP contribution in [-0.2, 0) is 28.6 Å². The molecule has 0 fully saturated rings. The van der Waals surface area contributed by atoms with Gasteiger partial charge in [-0.1, -0.05) is 327 Å². The second-order valence-electron chi connectivity index (χ2n) is 23.8. The van der Waals surface area contributed by atoms with E-state index < -0.39 is 6.10 Å². The smallest absolute Gasteiger partial charge is 0.306 e. The number of hydrogen-bond donors (Lipinski definition) is 0. The Morgan fingerprint density at radius 1 is 0.256 bits per heavy atom. The highest BCUT2D eigenvalue weighted by molar-refractivity contribution is 5.71. The summed E-state index contributed by atoms with van der Waals surface area (Å²) in [5, 5.41) is 0. The summed E-state index contributed by atoms with van der Waals surface area (Å²) in [5.74, 6) is -0.846. The second kappa shape index (κ2) is 67.1. The van der Waals surface area contributed by atoms with Crippen LogP contribution in [0, 0.1) is 0 Å². The van der Waals surface area contributed by atoms with E-state index in [-0.39, 0.29) is 31.1 Å². The lowest BCUT2D eigenvalue weighted by atomic mass is 10.0. The van der Waals surface area contributed by atoms with E-state index in [9.17, 15) is 14.4 Å². The van der Waals surface area contributed by atoms with Gasteiger partial charge in [0.2, 0.25) is 0 Å². The molecule has 0 aliphatic heterocycles. The summed E-state index contributed by atoms with van der Waals surface area (Å²) in [5.41, 5.74) is 0. The molecule has 0 bridgehead atoms. The Labute approximate surface area is 486 Å². The molecule has 0 aliphatic rings. The zero-order chi connectivity index (χ0) is 56.4. The summed E-state index contributed by atoms with van der Waals surface area (Å²) >= 11 is 0. The molecule has 0 spiro atoms. The summed E-state index contributed by atoms with van der Waals surface area (Å²) < 4.78 is 17.0. The maximum atomic E-state index is 13.0. The third-order valence-electron chi connectivity index (χ3n) is 15.9. The van der Waals surface area contributed by atoms with Crippen LogP contribution < -0.4 is 0 Å². The molecule has 0 saturated carbocycles. The zero-order valence-corrected chi connectivity index (χ0v) is 52.7. The number of carbonyl (C=O) groups excluding carboxylic acids is 3. The molecule has 0 aromatic rings. The summed E-state index contributed by atoms with van der Waals surface area (Å²) in [4.78, 5) is 38.5. The van der Waals surface area contributed by atoms with E-state index in [4.69, 9.17) is 14.2 Å². The van der Waals surface area contributed by atoms with Gasteiger partial charge in [-0.3, -0.25) is 14.4 Å². The first-order valence-corrected chi connectivity index (χ1v) is 35.0. The number of rotatable bonds is 65. The quantitative estimate of drug-likeness (QED) is 0.0261. The maximum absolute atomic E-state index is 13.0. The largest absolute Gasteiger partial charge is 0.462 e. The van der Waals surface area contributed by atoms with E-state index >= 15 is 0 Å². The van der Waals surface area contributed by atoms with Crippen LogP contribution in [-0.4, -0.2) is 37.2 Å². The molecule has 1 unspecified atom stereocenters. The van der Waals surface area contributed by atoms with Gasteiger partial charge in [0, 0.05) is 19.3 Å². The lowest BCUT2D eigenvalue weighted by molar-refractivity contribution is -0.167. The van der Waals surface area contributed by atoms with Crippen LogP contribution in [0.5, 0.6) is 0 Å². The molecule has 1 atom stereocenters. The highest BCUT2D eigenvalue weighted by Crippen LogP contribution is 2.18. The molecule has 0 heterocycles. The van der Waals surface area contributed by atoms with Crippen molar-refractivity contribution in [3.8, 4) is 0 Å². The Morgan fingerprint density at radius 3 is 0.718 bits per heavy atom. The molecular weight excluding hydrogens is 961 g/mol. The zero-order valence-electron chi connectivity index (χ0n) is 52.7. The molecule has 0 rings (SSSR count). The van der Waals surface area contributed by atoms with Crippen LogP contribution in [0.3, 0.4) is 0 Å². The van der Waals surface area contributed by atoms with E-state index in [1.165, 1.54) is 283 Å². The van der Waals surface area contributed by atoms with Crippen molar-refractivity contribution in [2.75, 3.05) is 13.2 Å². The van der Waals surface area contributed by atoms with Gasteiger partial charge in [-0.2, -0.15) is 0 Å². The van der Waals surface area contributed by atoms with Crippen LogP contribution in [0.25, 0.3) is 0 Å².